The second kappa shape index (κ2) is 13.2. The third-order valence-corrected chi connectivity index (χ3v) is 7.73. The van der Waals surface area contributed by atoms with Gasteiger partial charge in [0.1, 0.15) is 0 Å². The molecular weight excluding hydrogens is 543 g/mol. The molecule has 2 aromatic rings. The summed E-state index contributed by atoms with van der Waals surface area (Å²) in [6, 6.07) is 16.8. The molecule has 204 valence electrons. The van der Waals surface area contributed by atoms with E-state index in [1.807, 2.05) is 12.1 Å². The van der Waals surface area contributed by atoms with E-state index >= 15 is 0 Å². The molecule has 39 heavy (non-hydrogen) atoms. The molecular formula is C26H28ClN6O5P. The normalized spacial score (nSPS) is 17.6. The Bertz CT molecular complexity index is 1230. The Balaban J connectivity index is 1.17. The second-order valence-electron chi connectivity index (χ2n) is 9.33. The maximum absolute atomic E-state index is 12.8. The third-order valence-electron chi connectivity index (χ3n) is 6.51. The highest BCUT2D eigenvalue weighted by molar-refractivity contribution is 7.81. The Labute approximate surface area is 231 Å². The molecule has 2 fully saturated rings. The highest BCUT2D eigenvalue weighted by atomic mass is 35.7. The van der Waals surface area contributed by atoms with Crippen LogP contribution in [0, 0.1) is 22.7 Å². The molecule has 0 atom stereocenters. The largest absolute Gasteiger partial charge is 0.457 e. The molecule has 0 spiro atoms. The Morgan fingerprint density at radius 2 is 1.18 bits per heavy atom. The fourth-order valence-electron chi connectivity index (χ4n) is 4.45. The number of hydrogen-bond donors (Lipinski definition) is 2. The van der Waals surface area contributed by atoms with E-state index in [1.165, 1.54) is 10.1 Å². The van der Waals surface area contributed by atoms with Gasteiger partial charge in [0, 0.05) is 60.6 Å². The summed E-state index contributed by atoms with van der Waals surface area (Å²) in [7, 11) is 0. The van der Waals surface area contributed by atoms with E-state index < -0.39 is 6.95 Å². The molecule has 0 bridgehead atoms. The number of nitrogens with zero attached hydrogens (tertiary/aromatic N) is 4. The third kappa shape index (κ3) is 8.35. The average Bonchev–Trinajstić information content (AvgIpc) is 2.94. The van der Waals surface area contributed by atoms with Crippen LogP contribution in [0.1, 0.15) is 57.5 Å². The van der Waals surface area contributed by atoms with Crippen LogP contribution in [0.25, 0.3) is 0 Å². The van der Waals surface area contributed by atoms with Crippen LogP contribution < -0.4 is 10.6 Å². The minimum Gasteiger partial charge on any atom is -0.349 e. The first kappa shape index (κ1) is 28.7. The smallest absolute Gasteiger partial charge is 0.349 e. The predicted molar refractivity (Wildman–Crippen MR) is 142 cm³/mol. The predicted octanol–water partition coefficient (Wildman–Crippen LogP) is 3.73. The number of amides is 2. The number of nitriles is 2. The van der Waals surface area contributed by atoms with Crippen molar-refractivity contribution in [1.29, 1.82) is 10.5 Å². The van der Waals surface area contributed by atoms with Crippen molar-refractivity contribution < 1.29 is 23.4 Å². The zero-order valence-corrected chi connectivity index (χ0v) is 22.7. The van der Waals surface area contributed by atoms with Gasteiger partial charge in [0.25, 0.3) is 11.8 Å². The summed E-state index contributed by atoms with van der Waals surface area (Å²) in [5.74, 6) is -0.513. The van der Waals surface area contributed by atoms with Crippen molar-refractivity contribution in [2.45, 2.75) is 37.8 Å². The average molecular weight is 571 g/mol. The zero-order chi connectivity index (χ0) is 27.8. The van der Waals surface area contributed by atoms with Gasteiger partial charge in [-0.3, -0.25) is 9.59 Å². The highest BCUT2D eigenvalue weighted by Crippen LogP contribution is 2.55. The lowest BCUT2D eigenvalue weighted by molar-refractivity contribution is -0.132. The highest BCUT2D eigenvalue weighted by Gasteiger charge is 2.33. The summed E-state index contributed by atoms with van der Waals surface area (Å²) in [6.45, 7) is -2.38. The molecule has 11 nitrogen and oxygen atoms in total. The summed E-state index contributed by atoms with van der Waals surface area (Å²) < 4.78 is 23.7. The molecule has 0 saturated carbocycles. The monoisotopic (exact) mass is 570 g/mol. The molecule has 0 aromatic heterocycles. The summed E-state index contributed by atoms with van der Waals surface area (Å²) in [5.41, 5.74) is 1.67. The zero-order valence-electron chi connectivity index (χ0n) is 21.1. The van der Waals surface area contributed by atoms with E-state index in [9.17, 15) is 14.2 Å². The van der Waals surface area contributed by atoms with Gasteiger partial charge in [0.15, 0.2) is 0 Å². The van der Waals surface area contributed by atoms with Gasteiger partial charge in [-0.15, -0.1) is 0 Å². The van der Waals surface area contributed by atoms with E-state index in [2.05, 4.69) is 10.6 Å². The van der Waals surface area contributed by atoms with E-state index in [-0.39, 0.29) is 23.9 Å². The van der Waals surface area contributed by atoms with Gasteiger partial charge in [0.2, 0.25) is 0 Å². The summed E-state index contributed by atoms with van der Waals surface area (Å²) in [6.07, 6.45) is 2.23. The standard InChI is InChI=1S/C26H28ClN6O5P/c27-39(36,37-32-11-7-23(8-12-32)30-25(34)21-5-1-3-19(15-21)17-28)38-33-13-9-24(10-14-33)31-26(35)22-6-2-4-20(16-22)18-29/h1-6,15-16,23-24H,7-14H2,(H,30,34)(H,31,35). The van der Waals surface area contributed by atoms with Crippen molar-refractivity contribution in [3.63, 3.8) is 0 Å². The van der Waals surface area contributed by atoms with Crippen molar-refractivity contribution in [2.24, 2.45) is 0 Å². The van der Waals surface area contributed by atoms with Gasteiger partial charge in [-0.05, 0) is 62.1 Å². The number of hydrogen-bond acceptors (Lipinski definition) is 9. The number of nitrogens with one attached hydrogen (secondary N) is 2. The number of carbonyl (C=O) groups is 2. The maximum Gasteiger partial charge on any atom is 0.457 e. The Morgan fingerprint density at radius 3 is 1.54 bits per heavy atom. The van der Waals surface area contributed by atoms with Crippen molar-refractivity contribution in [2.75, 3.05) is 26.2 Å². The van der Waals surface area contributed by atoms with Crippen LogP contribution in [0.3, 0.4) is 0 Å². The molecule has 0 radical (unpaired) electrons. The number of rotatable bonds is 8. The van der Waals surface area contributed by atoms with Crippen LogP contribution in [0.5, 0.6) is 0 Å². The fourth-order valence-corrected chi connectivity index (χ4v) is 5.88. The number of halogens is 1. The fraction of sp³-hybridized carbons (Fsp3) is 0.385. The van der Waals surface area contributed by atoms with E-state index in [1.54, 1.807) is 48.5 Å². The molecule has 2 heterocycles. The van der Waals surface area contributed by atoms with Crippen molar-refractivity contribution >= 4 is 30.0 Å². The molecule has 2 aliphatic rings. The molecule has 2 saturated heterocycles. The van der Waals surface area contributed by atoms with Crippen LogP contribution in [0.15, 0.2) is 48.5 Å². The molecule has 2 aromatic carbocycles. The minimum absolute atomic E-state index is 0.102. The van der Waals surface area contributed by atoms with Crippen LogP contribution >= 0.6 is 18.2 Å². The number of hydroxylamine groups is 4. The van der Waals surface area contributed by atoms with Crippen LogP contribution in [-0.2, 0) is 13.8 Å². The van der Waals surface area contributed by atoms with Crippen LogP contribution in [0.4, 0.5) is 0 Å². The SMILES string of the molecule is N#Cc1cccc(C(=O)NC2CCN(OP(=O)(Cl)ON3CCC(NC(=O)c4cccc(C#N)c4)CC3)CC2)c1. The molecule has 4 rings (SSSR count). The molecule has 0 aliphatic carbocycles. The first-order valence-electron chi connectivity index (χ1n) is 12.6. The van der Waals surface area contributed by atoms with Crippen LogP contribution in [0.2, 0.25) is 0 Å². The lowest BCUT2D eigenvalue weighted by Crippen LogP contribution is -2.45. The lowest BCUT2D eigenvalue weighted by Gasteiger charge is -2.34. The van der Waals surface area contributed by atoms with Crippen molar-refractivity contribution in [1.82, 2.24) is 20.8 Å². The Morgan fingerprint density at radius 1 is 0.795 bits per heavy atom. The molecule has 2 N–H and O–H groups in total. The first-order valence-corrected chi connectivity index (χ1v) is 15.0. The Hall–Kier alpha value is -3.28. The quantitative estimate of drug-likeness (QED) is 0.453. The number of piperidine rings is 2. The second-order valence-corrected chi connectivity index (χ2v) is 11.8. The maximum atomic E-state index is 12.8. The lowest BCUT2D eigenvalue weighted by atomic mass is 10.1. The topological polar surface area (TPSA) is 148 Å². The minimum atomic E-state index is -3.95. The van der Waals surface area contributed by atoms with Gasteiger partial charge >= 0.3 is 6.95 Å². The Kier molecular flexibility index (Phi) is 9.71. The van der Waals surface area contributed by atoms with Gasteiger partial charge in [-0.2, -0.15) is 20.7 Å². The molecule has 0 unspecified atom stereocenters. The molecule has 2 aliphatic heterocycles. The van der Waals surface area contributed by atoms with Gasteiger partial charge in [-0.1, -0.05) is 12.1 Å². The van der Waals surface area contributed by atoms with E-state index in [4.69, 9.17) is 31.0 Å². The van der Waals surface area contributed by atoms with E-state index in [0.717, 1.165) is 0 Å². The number of carbonyl (C=O) groups excluding carboxylic acids is 2. The summed E-state index contributed by atoms with van der Waals surface area (Å²) in [5, 5.41) is 26.9. The summed E-state index contributed by atoms with van der Waals surface area (Å²) >= 11 is 6.10. The van der Waals surface area contributed by atoms with Crippen molar-refractivity contribution in [3.05, 3.63) is 70.8 Å². The van der Waals surface area contributed by atoms with Gasteiger partial charge in [0.05, 0.1) is 23.3 Å². The van der Waals surface area contributed by atoms with Gasteiger partial charge < -0.3 is 10.6 Å². The summed E-state index contributed by atoms with van der Waals surface area (Å²) in [4.78, 5) is 25.0. The molecule has 2 amide bonds. The molecule has 13 heteroatoms. The first-order chi connectivity index (χ1) is 18.7. The number of benzene rings is 2. The van der Waals surface area contributed by atoms with E-state index in [0.29, 0.717) is 74.1 Å². The van der Waals surface area contributed by atoms with Crippen molar-refractivity contribution in [3.8, 4) is 12.1 Å². The van der Waals surface area contributed by atoms with Crippen LogP contribution in [-0.4, -0.2) is 60.2 Å². The van der Waals surface area contributed by atoms with Gasteiger partial charge in [-0.25, -0.2) is 13.8 Å².